The third-order valence-corrected chi connectivity index (χ3v) is 6.44. The maximum Gasteiger partial charge on any atom is 0.269 e. The monoisotopic (exact) mass is 404 g/mol. The van der Waals surface area contributed by atoms with Crippen LogP contribution in [0, 0.1) is 0 Å². The Morgan fingerprint density at radius 2 is 1.92 bits per heavy atom. The van der Waals surface area contributed by atoms with Gasteiger partial charge in [-0.2, -0.15) is 0 Å². The van der Waals surface area contributed by atoms with E-state index in [-0.39, 0.29) is 5.91 Å². The zero-order valence-electron chi connectivity index (χ0n) is 13.8. The number of rotatable bonds is 4. The second-order valence-corrected chi connectivity index (χ2v) is 7.85. The van der Waals surface area contributed by atoms with Crippen molar-refractivity contribution in [2.75, 3.05) is 19.5 Å². The molecule has 2 aromatic heterocycles. The molecule has 0 aliphatic rings. The lowest BCUT2D eigenvalue weighted by Crippen LogP contribution is -2.10. The molecule has 0 aliphatic heterocycles. The molecule has 2 aromatic carbocycles. The molecule has 0 spiro atoms. The summed E-state index contributed by atoms with van der Waals surface area (Å²) in [7, 11) is 3.16. The van der Waals surface area contributed by atoms with Crippen molar-refractivity contribution in [3.05, 3.63) is 46.3 Å². The Morgan fingerprint density at radius 3 is 2.65 bits per heavy atom. The van der Waals surface area contributed by atoms with Crippen LogP contribution in [0.15, 0.2) is 36.4 Å². The van der Waals surface area contributed by atoms with Crippen molar-refractivity contribution in [1.29, 1.82) is 0 Å². The molecule has 0 atom stereocenters. The fourth-order valence-electron chi connectivity index (χ4n) is 2.62. The summed E-state index contributed by atoms with van der Waals surface area (Å²) in [5.41, 5.74) is 0.677. The second-order valence-electron chi connectivity index (χ2n) is 5.39. The minimum Gasteiger partial charge on any atom is -0.497 e. The van der Waals surface area contributed by atoms with Gasteiger partial charge in [0, 0.05) is 16.2 Å². The second kappa shape index (κ2) is 6.75. The van der Waals surface area contributed by atoms with E-state index in [1.54, 1.807) is 20.3 Å². The number of nitrogens with one attached hydrogen (secondary N) is 1. The van der Waals surface area contributed by atoms with Crippen molar-refractivity contribution in [2.45, 2.75) is 0 Å². The molecular formula is C18H13ClN2O3S2. The smallest absolute Gasteiger partial charge is 0.269 e. The van der Waals surface area contributed by atoms with Gasteiger partial charge in [0.05, 0.1) is 23.9 Å². The lowest BCUT2D eigenvalue weighted by molar-refractivity contribution is 0.103. The zero-order chi connectivity index (χ0) is 18.3. The highest BCUT2D eigenvalue weighted by molar-refractivity contribution is 7.23. The first-order valence-corrected chi connectivity index (χ1v) is 9.62. The molecule has 1 N–H and O–H groups in total. The molecule has 4 aromatic rings. The number of halogens is 1. The molecule has 0 saturated heterocycles. The van der Waals surface area contributed by atoms with Gasteiger partial charge in [-0.25, -0.2) is 4.98 Å². The number of carbonyl (C=O) groups is 1. The normalized spacial score (nSPS) is 11.0. The molecule has 2 heterocycles. The third-order valence-electron chi connectivity index (χ3n) is 3.85. The van der Waals surface area contributed by atoms with Crippen molar-refractivity contribution >= 4 is 65.6 Å². The van der Waals surface area contributed by atoms with Gasteiger partial charge >= 0.3 is 0 Å². The van der Waals surface area contributed by atoms with E-state index < -0.39 is 0 Å². The van der Waals surface area contributed by atoms with E-state index in [0.717, 1.165) is 14.8 Å². The van der Waals surface area contributed by atoms with Crippen molar-refractivity contribution in [2.24, 2.45) is 0 Å². The summed E-state index contributed by atoms with van der Waals surface area (Å²) in [6.45, 7) is 0. The Bertz CT molecular complexity index is 1140. The molecule has 1 amide bonds. The van der Waals surface area contributed by atoms with Crippen LogP contribution < -0.4 is 14.8 Å². The number of carbonyl (C=O) groups excluding carboxylic acids is 1. The van der Waals surface area contributed by atoms with Crippen molar-refractivity contribution in [3.8, 4) is 11.5 Å². The minimum absolute atomic E-state index is 0.277. The topological polar surface area (TPSA) is 60.5 Å². The van der Waals surface area contributed by atoms with Gasteiger partial charge in [-0.1, -0.05) is 41.1 Å². The molecule has 26 heavy (non-hydrogen) atoms. The van der Waals surface area contributed by atoms with Crippen molar-refractivity contribution < 1.29 is 14.3 Å². The summed E-state index contributed by atoms with van der Waals surface area (Å²) in [5, 5.41) is 4.65. The first kappa shape index (κ1) is 17.1. The molecular weight excluding hydrogens is 392 g/mol. The van der Waals surface area contributed by atoms with Crippen LogP contribution in [-0.2, 0) is 0 Å². The summed E-state index contributed by atoms with van der Waals surface area (Å²) in [6, 6.07) is 11.3. The van der Waals surface area contributed by atoms with Gasteiger partial charge < -0.3 is 9.47 Å². The predicted molar refractivity (Wildman–Crippen MR) is 108 cm³/mol. The summed E-state index contributed by atoms with van der Waals surface area (Å²) < 4.78 is 12.5. The molecule has 0 bridgehead atoms. The summed E-state index contributed by atoms with van der Waals surface area (Å²) in [4.78, 5) is 17.6. The fraction of sp³-hybridized carbons (Fsp3) is 0.111. The highest BCUT2D eigenvalue weighted by Gasteiger charge is 2.19. The van der Waals surface area contributed by atoms with Gasteiger partial charge in [0.2, 0.25) is 0 Å². The van der Waals surface area contributed by atoms with E-state index in [2.05, 4.69) is 10.3 Å². The average Bonchev–Trinajstić information content (AvgIpc) is 3.21. The van der Waals surface area contributed by atoms with Crippen LogP contribution in [0.4, 0.5) is 5.13 Å². The number of anilines is 1. The SMILES string of the molecule is COc1cc(OC)c2nc(NC(=O)c3sc4ccccc4c3Cl)sc2c1. The van der Waals surface area contributed by atoms with E-state index >= 15 is 0 Å². The first-order chi connectivity index (χ1) is 12.6. The molecule has 132 valence electrons. The average molecular weight is 405 g/mol. The van der Waals surface area contributed by atoms with Gasteiger partial charge in [0.25, 0.3) is 5.91 Å². The van der Waals surface area contributed by atoms with Crippen LogP contribution in [0.3, 0.4) is 0 Å². The van der Waals surface area contributed by atoms with E-state index in [9.17, 15) is 4.79 Å². The number of methoxy groups -OCH3 is 2. The number of hydrogen-bond donors (Lipinski definition) is 1. The largest absolute Gasteiger partial charge is 0.497 e. The quantitative estimate of drug-likeness (QED) is 0.492. The van der Waals surface area contributed by atoms with Gasteiger partial charge in [0.15, 0.2) is 5.13 Å². The number of aromatic nitrogens is 1. The number of benzene rings is 2. The number of thiophene rings is 1. The van der Waals surface area contributed by atoms with Crippen LogP contribution in [0.5, 0.6) is 11.5 Å². The molecule has 0 radical (unpaired) electrons. The van der Waals surface area contributed by atoms with Crippen molar-refractivity contribution in [1.82, 2.24) is 4.98 Å². The highest BCUT2D eigenvalue weighted by Crippen LogP contribution is 2.38. The van der Waals surface area contributed by atoms with Gasteiger partial charge in [-0.15, -0.1) is 11.3 Å². The number of hydrogen-bond acceptors (Lipinski definition) is 6. The van der Waals surface area contributed by atoms with Crippen molar-refractivity contribution in [3.63, 3.8) is 0 Å². The van der Waals surface area contributed by atoms with E-state index in [1.807, 2.05) is 30.3 Å². The Labute approximate surface area is 162 Å². The molecule has 0 aliphatic carbocycles. The molecule has 0 saturated carbocycles. The summed E-state index contributed by atoms with van der Waals surface area (Å²) in [5.74, 6) is 0.987. The molecule has 4 rings (SSSR count). The zero-order valence-corrected chi connectivity index (χ0v) is 16.2. The van der Waals surface area contributed by atoms with Crippen LogP contribution in [0.25, 0.3) is 20.3 Å². The summed E-state index contributed by atoms with van der Waals surface area (Å²) in [6.07, 6.45) is 0. The third kappa shape index (κ3) is 2.88. The Hall–Kier alpha value is -2.35. The maximum atomic E-state index is 12.7. The summed E-state index contributed by atoms with van der Waals surface area (Å²) >= 11 is 9.09. The molecule has 5 nitrogen and oxygen atoms in total. The van der Waals surface area contributed by atoms with Crippen LogP contribution in [-0.4, -0.2) is 25.1 Å². The van der Waals surface area contributed by atoms with E-state index in [0.29, 0.717) is 32.0 Å². The maximum absolute atomic E-state index is 12.7. The minimum atomic E-state index is -0.277. The van der Waals surface area contributed by atoms with Crippen LogP contribution in [0.1, 0.15) is 9.67 Å². The Kier molecular flexibility index (Phi) is 4.44. The first-order valence-electron chi connectivity index (χ1n) is 7.61. The fourth-order valence-corrected chi connectivity index (χ4v) is 4.93. The standard InChI is InChI=1S/C18H13ClN2O3S2/c1-23-9-7-11(24-2)15-13(8-9)26-18(20-15)21-17(22)16-14(19)10-5-3-4-6-12(10)25-16/h3-8H,1-2H3,(H,20,21,22). The number of ether oxygens (including phenoxy) is 2. The Balaban J connectivity index is 1.70. The van der Waals surface area contributed by atoms with Gasteiger partial charge in [-0.05, 0) is 12.1 Å². The number of thiazole rings is 1. The molecule has 8 heteroatoms. The number of nitrogens with zero attached hydrogens (tertiary/aromatic N) is 1. The molecule has 0 fully saturated rings. The van der Waals surface area contributed by atoms with Gasteiger partial charge in [-0.3, -0.25) is 10.1 Å². The van der Waals surface area contributed by atoms with Crippen LogP contribution >= 0.6 is 34.3 Å². The number of fused-ring (bicyclic) bond motifs is 2. The lowest BCUT2D eigenvalue weighted by atomic mass is 10.2. The Morgan fingerprint density at radius 1 is 1.12 bits per heavy atom. The highest BCUT2D eigenvalue weighted by atomic mass is 35.5. The van der Waals surface area contributed by atoms with Gasteiger partial charge in [0.1, 0.15) is 21.9 Å². The molecule has 0 unspecified atom stereocenters. The number of amides is 1. The van der Waals surface area contributed by atoms with Crippen LogP contribution in [0.2, 0.25) is 5.02 Å². The van der Waals surface area contributed by atoms with E-state index in [1.165, 1.54) is 22.7 Å². The van der Waals surface area contributed by atoms with E-state index in [4.69, 9.17) is 21.1 Å². The predicted octanol–water partition coefficient (Wildman–Crippen LogP) is 5.43. The lowest BCUT2D eigenvalue weighted by Gasteiger charge is -2.03.